The summed E-state index contributed by atoms with van der Waals surface area (Å²) >= 11 is 0. The lowest BCUT2D eigenvalue weighted by Crippen LogP contribution is -2.35. The summed E-state index contributed by atoms with van der Waals surface area (Å²) in [5, 5.41) is 2.65. The van der Waals surface area contributed by atoms with Crippen LogP contribution in [-0.2, 0) is 14.3 Å². The number of nitrogens with one attached hydrogen (secondary N) is 1. The summed E-state index contributed by atoms with van der Waals surface area (Å²) in [6, 6.07) is -0.525. The Bertz CT molecular complexity index is 219. The first-order chi connectivity index (χ1) is 6.26. The molecule has 5 heteroatoms. The van der Waals surface area contributed by atoms with Crippen molar-refractivity contribution in [3.05, 3.63) is 0 Å². The van der Waals surface area contributed by atoms with Crippen LogP contribution in [-0.4, -0.2) is 30.8 Å². The van der Waals surface area contributed by atoms with Crippen molar-refractivity contribution in [3.8, 4) is 0 Å². The maximum absolute atomic E-state index is 11.1. The molecule has 0 aromatic heterocycles. The van der Waals surface area contributed by atoms with Crippen LogP contribution in [0.3, 0.4) is 0 Å². The lowest BCUT2D eigenvalue weighted by Gasteiger charge is -2.18. The standard InChI is InChI=1S/C9H17NO4/c1-6(10-5)7(11)13-8(12)14-9(2,3)4/h6,10H,1-5H3/t6-/m0/s1. The van der Waals surface area contributed by atoms with Crippen LogP contribution >= 0.6 is 0 Å². The fourth-order valence-corrected chi connectivity index (χ4v) is 0.559. The zero-order chi connectivity index (χ0) is 11.4. The maximum Gasteiger partial charge on any atom is 0.516 e. The molecule has 14 heavy (non-hydrogen) atoms. The van der Waals surface area contributed by atoms with Gasteiger partial charge in [-0.2, -0.15) is 0 Å². The van der Waals surface area contributed by atoms with Gasteiger partial charge in [0.1, 0.15) is 11.6 Å². The Labute approximate surface area is 83.8 Å². The monoisotopic (exact) mass is 203 g/mol. The molecule has 0 spiro atoms. The minimum atomic E-state index is -0.968. The number of hydrogen-bond acceptors (Lipinski definition) is 5. The van der Waals surface area contributed by atoms with E-state index in [1.807, 2.05) is 0 Å². The largest absolute Gasteiger partial charge is 0.516 e. The highest BCUT2D eigenvalue weighted by Crippen LogP contribution is 2.08. The third kappa shape index (κ3) is 5.53. The molecule has 0 rings (SSSR count). The fraction of sp³-hybridized carbons (Fsp3) is 0.778. The van der Waals surface area contributed by atoms with Gasteiger partial charge in [-0.3, -0.25) is 0 Å². The number of carbonyl (C=O) groups is 2. The van der Waals surface area contributed by atoms with Gasteiger partial charge in [0.25, 0.3) is 0 Å². The minimum absolute atomic E-state index is 0.525. The molecule has 0 saturated carbocycles. The van der Waals surface area contributed by atoms with Gasteiger partial charge in [-0.25, -0.2) is 9.59 Å². The molecule has 0 aliphatic heterocycles. The zero-order valence-corrected chi connectivity index (χ0v) is 9.21. The summed E-state index contributed by atoms with van der Waals surface area (Å²) in [5.41, 5.74) is -0.653. The number of ether oxygens (including phenoxy) is 2. The van der Waals surface area contributed by atoms with Crippen molar-refractivity contribution in [2.75, 3.05) is 7.05 Å². The molecule has 0 aliphatic carbocycles. The zero-order valence-electron chi connectivity index (χ0n) is 9.21. The Morgan fingerprint density at radius 3 is 2.14 bits per heavy atom. The van der Waals surface area contributed by atoms with E-state index in [-0.39, 0.29) is 0 Å². The molecule has 5 nitrogen and oxygen atoms in total. The second-order valence-electron chi connectivity index (χ2n) is 3.90. The van der Waals surface area contributed by atoms with Crippen LogP contribution in [0.1, 0.15) is 27.7 Å². The van der Waals surface area contributed by atoms with E-state index in [4.69, 9.17) is 4.74 Å². The van der Waals surface area contributed by atoms with Crippen LogP contribution in [0.4, 0.5) is 4.79 Å². The average Bonchev–Trinajstić information content (AvgIpc) is 1.99. The highest BCUT2D eigenvalue weighted by atomic mass is 16.7. The van der Waals surface area contributed by atoms with Crippen molar-refractivity contribution < 1.29 is 19.1 Å². The van der Waals surface area contributed by atoms with Crippen molar-refractivity contribution in [1.29, 1.82) is 0 Å². The third-order valence-electron chi connectivity index (χ3n) is 1.36. The highest BCUT2D eigenvalue weighted by Gasteiger charge is 2.22. The van der Waals surface area contributed by atoms with Crippen LogP contribution in [0.2, 0.25) is 0 Å². The van der Waals surface area contributed by atoms with Crippen molar-refractivity contribution in [1.82, 2.24) is 5.32 Å². The molecule has 0 bridgehead atoms. The van der Waals surface area contributed by atoms with Crippen molar-refractivity contribution in [3.63, 3.8) is 0 Å². The van der Waals surface area contributed by atoms with Gasteiger partial charge in [-0.15, -0.1) is 0 Å². The molecule has 0 heterocycles. The first-order valence-electron chi connectivity index (χ1n) is 4.38. The molecule has 1 N–H and O–H groups in total. The highest BCUT2D eigenvalue weighted by molar-refractivity contribution is 5.85. The second kappa shape index (κ2) is 4.95. The molecule has 0 aromatic carbocycles. The number of carbonyl (C=O) groups excluding carboxylic acids is 2. The summed E-state index contributed by atoms with van der Waals surface area (Å²) in [7, 11) is 1.60. The Kier molecular flexibility index (Phi) is 4.56. The summed E-state index contributed by atoms with van der Waals surface area (Å²) in [5.74, 6) is -0.651. The molecule has 1 atom stereocenters. The molecule has 0 aromatic rings. The van der Waals surface area contributed by atoms with Crippen molar-refractivity contribution >= 4 is 12.1 Å². The van der Waals surface area contributed by atoms with Crippen LogP contribution in [0.25, 0.3) is 0 Å². The van der Waals surface area contributed by atoms with Crippen molar-refractivity contribution in [2.45, 2.75) is 39.3 Å². The fourth-order valence-electron chi connectivity index (χ4n) is 0.559. The SMILES string of the molecule is CN[C@@H](C)C(=O)OC(=O)OC(C)(C)C. The predicted molar refractivity (Wildman–Crippen MR) is 50.8 cm³/mol. The molecule has 0 saturated heterocycles. The van der Waals surface area contributed by atoms with E-state index >= 15 is 0 Å². The molecule has 0 amide bonds. The van der Waals surface area contributed by atoms with E-state index in [1.54, 1.807) is 34.7 Å². The first-order valence-corrected chi connectivity index (χ1v) is 4.38. The van der Waals surface area contributed by atoms with Crippen LogP contribution < -0.4 is 5.32 Å². The van der Waals surface area contributed by atoms with Gasteiger partial charge in [0.05, 0.1) is 0 Å². The summed E-state index contributed by atoms with van der Waals surface area (Å²) < 4.78 is 9.21. The van der Waals surface area contributed by atoms with E-state index < -0.39 is 23.8 Å². The van der Waals surface area contributed by atoms with Gasteiger partial charge in [-0.1, -0.05) is 0 Å². The van der Waals surface area contributed by atoms with Gasteiger partial charge < -0.3 is 14.8 Å². The Hall–Kier alpha value is -1.10. The van der Waals surface area contributed by atoms with E-state index in [1.165, 1.54) is 0 Å². The Balaban J connectivity index is 4.02. The third-order valence-corrected chi connectivity index (χ3v) is 1.36. The summed E-state index contributed by atoms with van der Waals surface area (Å²) in [4.78, 5) is 22.1. The summed E-state index contributed by atoms with van der Waals surface area (Å²) in [6.07, 6.45) is -0.968. The normalized spacial score (nSPS) is 13.2. The number of likely N-dealkylation sites (N-methyl/N-ethyl adjacent to an activating group) is 1. The Morgan fingerprint density at radius 1 is 1.29 bits per heavy atom. The minimum Gasteiger partial charge on any atom is -0.428 e. The predicted octanol–water partition coefficient (Wildman–Crippen LogP) is 1.07. The molecular weight excluding hydrogens is 186 g/mol. The molecule has 0 radical (unpaired) electrons. The lowest BCUT2D eigenvalue weighted by atomic mass is 10.2. The van der Waals surface area contributed by atoms with Crippen LogP contribution in [0.15, 0.2) is 0 Å². The quantitative estimate of drug-likeness (QED) is 0.537. The lowest BCUT2D eigenvalue weighted by molar-refractivity contribution is -0.143. The van der Waals surface area contributed by atoms with E-state index in [0.29, 0.717) is 0 Å². The Morgan fingerprint density at radius 2 is 1.79 bits per heavy atom. The number of hydrogen-bond donors (Lipinski definition) is 1. The van der Waals surface area contributed by atoms with E-state index in [9.17, 15) is 9.59 Å². The smallest absolute Gasteiger partial charge is 0.428 e. The van der Waals surface area contributed by atoms with Gasteiger partial charge in [0.15, 0.2) is 0 Å². The molecule has 82 valence electrons. The number of esters is 1. The second-order valence-corrected chi connectivity index (χ2v) is 3.90. The molecular formula is C9H17NO4. The van der Waals surface area contributed by atoms with Gasteiger partial charge in [-0.05, 0) is 34.7 Å². The van der Waals surface area contributed by atoms with Gasteiger partial charge in [0, 0.05) is 0 Å². The van der Waals surface area contributed by atoms with Crippen LogP contribution in [0.5, 0.6) is 0 Å². The first kappa shape index (κ1) is 12.9. The van der Waals surface area contributed by atoms with Gasteiger partial charge in [0.2, 0.25) is 0 Å². The summed E-state index contributed by atoms with van der Waals surface area (Å²) in [6.45, 7) is 6.67. The average molecular weight is 203 g/mol. The number of rotatable bonds is 2. The van der Waals surface area contributed by atoms with E-state index in [2.05, 4.69) is 10.1 Å². The molecule has 0 aliphatic rings. The topological polar surface area (TPSA) is 64.6 Å². The maximum atomic E-state index is 11.1. The molecule has 0 fully saturated rings. The van der Waals surface area contributed by atoms with Crippen molar-refractivity contribution in [2.24, 2.45) is 0 Å². The van der Waals surface area contributed by atoms with Gasteiger partial charge >= 0.3 is 12.1 Å². The molecule has 0 unspecified atom stereocenters. The van der Waals surface area contributed by atoms with Crippen LogP contribution in [0, 0.1) is 0 Å². The van der Waals surface area contributed by atoms with E-state index in [0.717, 1.165) is 0 Å².